The van der Waals surface area contributed by atoms with Crippen LogP contribution >= 0.6 is 0 Å². The van der Waals surface area contributed by atoms with E-state index < -0.39 is 32.2 Å². The molecule has 0 amide bonds. The number of carbonyl (C=O) groups is 2. The number of ketones is 1. The van der Waals surface area contributed by atoms with Crippen LogP contribution in [0.5, 0.6) is 11.5 Å². The van der Waals surface area contributed by atoms with Gasteiger partial charge in [-0.2, -0.15) is 0 Å². The van der Waals surface area contributed by atoms with Gasteiger partial charge in [0, 0.05) is 19.6 Å². The number of halogens is 3. The highest BCUT2D eigenvalue weighted by Gasteiger charge is 2.46. The molecule has 1 aromatic heterocycles. The van der Waals surface area contributed by atoms with Crippen molar-refractivity contribution in [2.75, 3.05) is 6.61 Å². The van der Waals surface area contributed by atoms with E-state index in [0.29, 0.717) is 40.6 Å². The van der Waals surface area contributed by atoms with Crippen molar-refractivity contribution in [2.24, 2.45) is 17.8 Å². The van der Waals surface area contributed by atoms with Crippen LogP contribution in [0.2, 0.25) is 25.7 Å². The largest absolute Gasteiger partial charge is 0.573 e. The van der Waals surface area contributed by atoms with Crippen molar-refractivity contribution in [3.8, 4) is 11.5 Å². The third-order valence-electron chi connectivity index (χ3n) is 8.46. The summed E-state index contributed by atoms with van der Waals surface area (Å²) in [5.74, 6) is -2.42. The predicted molar refractivity (Wildman–Crippen MR) is 176 cm³/mol. The molecule has 0 aliphatic heterocycles. The number of hydrogen-bond acceptors (Lipinski definition) is 8. The van der Waals surface area contributed by atoms with E-state index in [1.165, 1.54) is 22.9 Å². The average molecular weight is 682 g/mol. The second-order valence-electron chi connectivity index (χ2n) is 13.4. The number of carbonyl (C=O) groups excluding carboxylic acids is 2. The van der Waals surface area contributed by atoms with Gasteiger partial charge in [0.2, 0.25) is 0 Å². The normalized spacial score (nSPS) is 18.1. The summed E-state index contributed by atoms with van der Waals surface area (Å²) in [6, 6.07) is 18.0. The van der Waals surface area contributed by atoms with Crippen molar-refractivity contribution in [2.45, 2.75) is 65.0 Å². The fourth-order valence-electron chi connectivity index (χ4n) is 5.95. The van der Waals surface area contributed by atoms with Gasteiger partial charge in [0.1, 0.15) is 23.6 Å². The monoisotopic (exact) mass is 681 g/mol. The van der Waals surface area contributed by atoms with E-state index in [1.54, 1.807) is 42.5 Å². The number of esters is 1. The van der Waals surface area contributed by atoms with Gasteiger partial charge in [-0.15, -0.1) is 18.3 Å². The summed E-state index contributed by atoms with van der Waals surface area (Å²) >= 11 is 0. The number of rotatable bonds is 12. The SMILES string of the molecule is Cc1ccc2nnn(C[C@@H]3CC[C@H](C(=O)c4ccc(OCc5cccc(OC(F)(F)F)c5)cc4)[C@H]3C(=O)OCC[Si](C)(C)C)c(=O)c2c1. The minimum atomic E-state index is -4.80. The van der Waals surface area contributed by atoms with Gasteiger partial charge in [0.05, 0.1) is 24.5 Å². The van der Waals surface area contributed by atoms with Crippen LogP contribution in [0.25, 0.3) is 10.9 Å². The Morgan fingerprint density at radius 1 is 0.979 bits per heavy atom. The van der Waals surface area contributed by atoms with Crippen molar-refractivity contribution in [1.82, 2.24) is 15.0 Å². The Labute approximate surface area is 277 Å². The predicted octanol–water partition coefficient (Wildman–Crippen LogP) is 6.98. The van der Waals surface area contributed by atoms with Gasteiger partial charge in [-0.25, -0.2) is 4.68 Å². The fraction of sp³-hybridized carbons (Fsp3) is 0.400. The Morgan fingerprint density at radius 2 is 1.73 bits per heavy atom. The molecular formula is C35H38F3N3O6Si. The van der Waals surface area contributed by atoms with Crippen LogP contribution in [-0.2, 0) is 22.7 Å². The third kappa shape index (κ3) is 8.88. The first-order valence-corrected chi connectivity index (χ1v) is 19.5. The molecule has 5 rings (SSSR count). The number of benzene rings is 3. The first kappa shape index (κ1) is 34.8. The van der Waals surface area contributed by atoms with Crippen LogP contribution < -0.4 is 15.0 Å². The summed E-state index contributed by atoms with van der Waals surface area (Å²) in [6.45, 7) is 8.81. The number of ether oxygens (including phenoxy) is 3. The van der Waals surface area contributed by atoms with E-state index in [4.69, 9.17) is 9.47 Å². The summed E-state index contributed by atoms with van der Waals surface area (Å²) in [7, 11) is -1.49. The third-order valence-corrected chi connectivity index (χ3v) is 10.2. The maximum Gasteiger partial charge on any atom is 0.573 e. The lowest BCUT2D eigenvalue weighted by Crippen LogP contribution is -2.36. The molecule has 1 aliphatic rings. The number of Topliss-reactive ketones (excluding diaryl/α,β-unsaturated/α-hetero) is 1. The molecule has 254 valence electrons. The molecule has 0 spiro atoms. The van der Waals surface area contributed by atoms with Crippen molar-refractivity contribution in [3.63, 3.8) is 0 Å². The standard InChI is InChI=1S/C35H38F3N3O6Si/c1-22-8-15-30-29(18-22)33(43)41(40-39-30)20-25-11-14-28(31(25)34(44)45-16-17-48(2,3)4)32(42)24-9-12-26(13-10-24)46-21-23-6-5-7-27(19-23)47-35(36,37)38/h5-10,12-13,15,18-19,25,28,31H,11,14,16-17,20-21H2,1-4H3/t25-,28-,31-/m0/s1. The molecule has 0 bridgehead atoms. The lowest BCUT2D eigenvalue weighted by Gasteiger charge is -2.24. The van der Waals surface area contributed by atoms with Crippen LogP contribution in [0, 0.1) is 24.7 Å². The van der Waals surface area contributed by atoms with Crippen LogP contribution in [0.3, 0.4) is 0 Å². The van der Waals surface area contributed by atoms with Gasteiger partial charge in [0.15, 0.2) is 5.78 Å². The van der Waals surface area contributed by atoms with Crippen molar-refractivity contribution in [3.05, 3.63) is 93.8 Å². The minimum Gasteiger partial charge on any atom is -0.489 e. The number of alkyl halides is 3. The Morgan fingerprint density at radius 3 is 2.44 bits per heavy atom. The summed E-state index contributed by atoms with van der Waals surface area (Å²) < 4.78 is 54.5. The summed E-state index contributed by atoms with van der Waals surface area (Å²) in [6.07, 6.45) is -3.85. The highest BCUT2D eigenvalue weighted by atomic mass is 28.3. The van der Waals surface area contributed by atoms with E-state index >= 15 is 0 Å². The molecule has 9 nitrogen and oxygen atoms in total. The second-order valence-corrected chi connectivity index (χ2v) is 19.0. The van der Waals surface area contributed by atoms with Gasteiger partial charge in [-0.1, -0.05) is 48.6 Å². The molecule has 1 aliphatic carbocycles. The van der Waals surface area contributed by atoms with Crippen LogP contribution in [-0.4, -0.2) is 47.8 Å². The zero-order chi connectivity index (χ0) is 34.6. The molecular weight excluding hydrogens is 643 g/mol. The van der Waals surface area contributed by atoms with Gasteiger partial charge in [-0.05, 0) is 85.8 Å². The van der Waals surface area contributed by atoms with Crippen LogP contribution in [0.1, 0.15) is 34.3 Å². The minimum absolute atomic E-state index is 0.0193. The van der Waals surface area contributed by atoms with E-state index in [-0.39, 0.29) is 42.8 Å². The number of aryl methyl sites for hydroxylation is 1. The Hall–Kier alpha value is -4.52. The van der Waals surface area contributed by atoms with E-state index in [0.717, 1.165) is 11.6 Å². The quantitative estimate of drug-likeness (QED) is 0.0895. The summed E-state index contributed by atoms with van der Waals surface area (Å²) in [5.41, 5.74) is 1.94. The van der Waals surface area contributed by atoms with E-state index in [1.807, 2.05) is 13.0 Å². The smallest absolute Gasteiger partial charge is 0.489 e. The van der Waals surface area contributed by atoms with E-state index in [9.17, 15) is 27.6 Å². The molecule has 4 aromatic rings. The zero-order valence-electron chi connectivity index (χ0n) is 27.3. The molecule has 1 fully saturated rings. The van der Waals surface area contributed by atoms with Gasteiger partial charge in [-0.3, -0.25) is 14.4 Å². The Bertz CT molecular complexity index is 1840. The van der Waals surface area contributed by atoms with Gasteiger partial charge >= 0.3 is 12.3 Å². The molecule has 0 N–H and O–H groups in total. The number of aromatic nitrogens is 3. The maximum atomic E-state index is 13.9. The van der Waals surface area contributed by atoms with E-state index in [2.05, 4.69) is 34.7 Å². The summed E-state index contributed by atoms with van der Waals surface area (Å²) in [5, 5.41) is 8.78. The molecule has 0 radical (unpaired) electrons. The second kappa shape index (κ2) is 14.3. The molecule has 1 saturated carbocycles. The number of fused-ring (bicyclic) bond motifs is 1. The highest BCUT2D eigenvalue weighted by molar-refractivity contribution is 6.76. The molecule has 0 saturated heterocycles. The van der Waals surface area contributed by atoms with Crippen molar-refractivity contribution < 1.29 is 37.0 Å². The average Bonchev–Trinajstić information content (AvgIpc) is 3.44. The zero-order valence-corrected chi connectivity index (χ0v) is 28.3. The van der Waals surface area contributed by atoms with Crippen LogP contribution in [0.4, 0.5) is 13.2 Å². The Kier molecular flexibility index (Phi) is 10.4. The molecule has 13 heteroatoms. The number of nitrogens with zero attached hydrogens (tertiary/aromatic N) is 3. The molecule has 48 heavy (non-hydrogen) atoms. The molecule has 3 aromatic carbocycles. The summed E-state index contributed by atoms with van der Waals surface area (Å²) in [4.78, 5) is 40.8. The lowest BCUT2D eigenvalue weighted by molar-refractivity contribution is -0.274. The molecule has 0 unspecified atom stereocenters. The topological polar surface area (TPSA) is 110 Å². The maximum absolute atomic E-state index is 13.9. The van der Waals surface area contributed by atoms with Gasteiger partial charge in [0.25, 0.3) is 5.56 Å². The Balaban J connectivity index is 1.31. The highest BCUT2D eigenvalue weighted by Crippen LogP contribution is 2.41. The lowest BCUT2D eigenvalue weighted by atomic mass is 9.84. The first-order chi connectivity index (χ1) is 22.7. The number of hydrogen-bond donors (Lipinski definition) is 0. The molecule has 3 atom stereocenters. The van der Waals surface area contributed by atoms with Crippen molar-refractivity contribution in [1.29, 1.82) is 0 Å². The van der Waals surface area contributed by atoms with Gasteiger partial charge < -0.3 is 14.2 Å². The first-order valence-electron chi connectivity index (χ1n) is 15.8. The van der Waals surface area contributed by atoms with Crippen LogP contribution in [0.15, 0.2) is 71.5 Å². The fourth-order valence-corrected chi connectivity index (χ4v) is 6.67. The van der Waals surface area contributed by atoms with Crippen molar-refractivity contribution >= 4 is 30.7 Å². The molecule has 1 heterocycles.